The molecule has 0 fully saturated rings. The van der Waals surface area contributed by atoms with E-state index in [1.807, 2.05) is 66.7 Å². The number of anilines is 2. The summed E-state index contributed by atoms with van der Waals surface area (Å²) in [5.74, 6) is 0.667. The monoisotopic (exact) mass is 459 g/mol. The number of nitrogens with one attached hydrogen (secondary N) is 1. The number of nitrogens with zero attached hydrogens (tertiary/aromatic N) is 2. The number of thiazole rings is 1. The topological polar surface area (TPSA) is 66.7 Å². The fourth-order valence-corrected chi connectivity index (χ4v) is 4.49. The summed E-state index contributed by atoms with van der Waals surface area (Å²) in [7, 11) is 1.64. The third-order valence-corrected chi connectivity index (χ3v) is 6.20. The number of hydrogen-bond donors (Lipinski definition) is 2. The van der Waals surface area contributed by atoms with Crippen molar-refractivity contribution >= 4 is 56.8 Å². The second-order valence-corrected chi connectivity index (χ2v) is 8.55. The highest BCUT2D eigenvalue weighted by molar-refractivity contribution is 7.16. The van der Waals surface area contributed by atoms with Gasteiger partial charge in [-0.2, -0.15) is 4.98 Å². The number of allylic oxidation sites excluding steroid dienone is 1. The van der Waals surface area contributed by atoms with Crippen LogP contribution in [-0.2, 0) is 0 Å². The number of para-hydroxylation sites is 1. The van der Waals surface area contributed by atoms with Crippen LogP contribution in [0.5, 0.6) is 11.6 Å². The normalized spacial score (nSPS) is 13.7. The first-order chi connectivity index (χ1) is 15.6. The molecule has 32 heavy (non-hydrogen) atoms. The molecule has 2 N–H and O–H groups in total. The number of benzene rings is 3. The van der Waals surface area contributed by atoms with Gasteiger partial charge in [0.25, 0.3) is 0 Å². The number of aromatic nitrogens is 1. The maximum Gasteiger partial charge on any atom is 0.231 e. The van der Waals surface area contributed by atoms with Crippen LogP contribution < -0.4 is 10.1 Å². The van der Waals surface area contributed by atoms with E-state index in [1.54, 1.807) is 19.2 Å². The molecule has 0 bridgehead atoms. The zero-order valence-corrected chi connectivity index (χ0v) is 18.6. The van der Waals surface area contributed by atoms with Crippen molar-refractivity contribution < 1.29 is 9.84 Å². The van der Waals surface area contributed by atoms with E-state index >= 15 is 0 Å². The first kappa shape index (κ1) is 20.3. The van der Waals surface area contributed by atoms with Crippen molar-refractivity contribution in [2.45, 2.75) is 0 Å². The van der Waals surface area contributed by atoms with Gasteiger partial charge >= 0.3 is 0 Å². The van der Waals surface area contributed by atoms with Gasteiger partial charge in [-0.15, -0.1) is 0 Å². The van der Waals surface area contributed by atoms with Crippen LogP contribution in [0.1, 0.15) is 16.0 Å². The lowest BCUT2D eigenvalue weighted by Gasteiger charge is -2.06. The Bertz CT molecular complexity index is 1350. The smallest absolute Gasteiger partial charge is 0.231 e. The van der Waals surface area contributed by atoms with Crippen LogP contribution in [0.2, 0.25) is 5.02 Å². The standard InChI is InChI=1S/C25H18ClN3O2S/c1-31-20-9-5-8-18-19(22(28-23(18)20)15-6-3-2-4-7-15)14-21-24(30)29-25(32-21)27-17-12-10-16(26)11-13-17/h2-14,30H,1H3,(H,27,29). The molecule has 5 nitrogen and oxygen atoms in total. The minimum absolute atomic E-state index is 0.0391. The summed E-state index contributed by atoms with van der Waals surface area (Å²) in [5.41, 5.74) is 5.28. The zero-order valence-electron chi connectivity index (χ0n) is 17.0. The number of methoxy groups -OCH3 is 1. The molecule has 0 saturated carbocycles. The number of aromatic hydroxyl groups is 1. The second kappa shape index (κ2) is 8.49. The third kappa shape index (κ3) is 3.86. The van der Waals surface area contributed by atoms with Crippen LogP contribution in [0.25, 0.3) is 11.6 Å². The minimum Gasteiger partial charge on any atom is -0.494 e. The number of ether oxygens (including phenoxy) is 1. The van der Waals surface area contributed by atoms with Crippen molar-refractivity contribution in [1.82, 2.24) is 4.98 Å². The van der Waals surface area contributed by atoms with E-state index in [0.29, 0.717) is 20.8 Å². The molecule has 0 saturated heterocycles. The number of aliphatic imine (C=N–C) groups is 1. The molecule has 4 aromatic rings. The fraction of sp³-hybridized carbons (Fsp3) is 0.0400. The predicted octanol–water partition coefficient (Wildman–Crippen LogP) is 6.93. The molecule has 7 heteroatoms. The largest absolute Gasteiger partial charge is 0.494 e. The lowest BCUT2D eigenvalue weighted by molar-refractivity contribution is 0.416. The minimum atomic E-state index is -0.0391. The van der Waals surface area contributed by atoms with Gasteiger partial charge in [0.1, 0.15) is 11.4 Å². The van der Waals surface area contributed by atoms with E-state index in [0.717, 1.165) is 33.8 Å². The quantitative estimate of drug-likeness (QED) is 0.339. The Hall–Kier alpha value is -3.61. The average Bonchev–Trinajstić information content (AvgIpc) is 3.36. The van der Waals surface area contributed by atoms with Gasteiger partial charge in [-0.05, 0) is 36.4 Å². The predicted molar refractivity (Wildman–Crippen MR) is 132 cm³/mol. The van der Waals surface area contributed by atoms with Crippen LogP contribution in [0.3, 0.4) is 0 Å². The average molecular weight is 460 g/mol. The molecule has 0 unspecified atom stereocenters. The van der Waals surface area contributed by atoms with Gasteiger partial charge in [0.2, 0.25) is 5.88 Å². The number of halogens is 1. The van der Waals surface area contributed by atoms with Gasteiger partial charge in [0.15, 0.2) is 5.13 Å². The molecular weight excluding hydrogens is 442 g/mol. The molecule has 158 valence electrons. The zero-order chi connectivity index (χ0) is 22.1. The lowest BCUT2D eigenvalue weighted by atomic mass is 9.97. The molecule has 0 spiro atoms. The molecule has 0 atom stereocenters. The van der Waals surface area contributed by atoms with Crippen molar-refractivity contribution in [2.75, 3.05) is 12.4 Å². The van der Waals surface area contributed by atoms with Gasteiger partial charge in [-0.25, -0.2) is 4.99 Å². The highest BCUT2D eigenvalue weighted by Crippen LogP contribution is 2.45. The molecule has 1 aromatic heterocycles. The van der Waals surface area contributed by atoms with E-state index in [-0.39, 0.29) is 5.88 Å². The molecule has 0 amide bonds. The number of hydrogen-bond acceptors (Lipinski definition) is 6. The van der Waals surface area contributed by atoms with Gasteiger partial charge < -0.3 is 15.2 Å². The Morgan fingerprint density at radius 1 is 1.00 bits per heavy atom. The molecule has 3 aromatic carbocycles. The molecule has 5 rings (SSSR count). The summed E-state index contributed by atoms with van der Waals surface area (Å²) in [6.07, 6.45) is 1.93. The van der Waals surface area contributed by atoms with E-state index in [2.05, 4.69) is 10.3 Å². The van der Waals surface area contributed by atoms with E-state index in [4.69, 9.17) is 21.3 Å². The number of fused-ring (bicyclic) bond motifs is 1. The maximum atomic E-state index is 10.5. The first-order valence-electron chi connectivity index (χ1n) is 9.88. The van der Waals surface area contributed by atoms with Crippen LogP contribution in [0.15, 0.2) is 77.8 Å². The van der Waals surface area contributed by atoms with E-state index < -0.39 is 0 Å². The summed E-state index contributed by atoms with van der Waals surface area (Å²) in [6, 6.07) is 23.1. The SMILES string of the molecule is COc1cccc2c1N=C(c1ccccc1)C2=Cc1sc(Nc2ccc(Cl)cc2)nc1O. The molecule has 1 aliphatic rings. The molecule has 2 heterocycles. The molecule has 0 aliphatic carbocycles. The first-order valence-corrected chi connectivity index (χ1v) is 11.1. The summed E-state index contributed by atoms with van der Waals surface area (Å²) in [6.45, 7) is 0. The van der Waals surface area contributed by atoms with Crippen LogP contribution in [0, 0.1) is 0 Å². The lowest BCUT2D eigenvalue weighted by Crippen LogP contribution is -1.99. The van der Waals surface area contributed by atoms with Crippen LogP contribution in [-0.4, -0.2) is 22.9 Å². The summed E-state index contributed by atoms with van der Waals surface area (Å²) >= 11 is 7.32. The highest BCUT2D eigenvalue weighted by Gasteiger charge is 2.25. The van der Waals surface area contributed by atoms with E-state index in [1.165, 1.54) is 11.3 Å². The Kier molecular flexibility index (Phi) is 5.39. The molecule has 1 aliphatic heterocycles. The second-order valence-electron chi connectivity index (χ2n) is 7.08. The Morgan fingerprint density at radius 2 is 1.78 bits per heavy atom. The van der Waals surface area contributed by atoms with Crippen LogP contribution >= 0.6 is 22.9 Å². The van der Waals surface area contributed by atoms with Gasteiger partial charge in [-0.1, -0.05) is 65.4 Å². The summed E-state index contributed by atoms with van der Waals surface area (Å²) < 4.78 is 5.53. The van der Waals surface area contributed by atoms with Crippen molar-refractivity contribution in [3.05, 3.63) is 93.8 Å². The molecule has 0 radical (unpaired) electrons. The highest BCUT2D eigenvalue weighted by atomic mass is 35.5. The summed E-state index contributed by atoms with van der Waals surface area (Å²) in [4.78, 5) is 9.79. The van der Waals surface area contributed by atoms with Crippen molar-refractivity contribution in [1.29, 1.82) is 0 Å². The van der Waals surface area contributed by atoms with Crippen molar-refractivity contribution in [3.8, 4) is 11.6 Å². The molecular formula is C25H18ClN3O2S. The maximum absolute atomic E-state index is 10.5. The van der Waals surface area contributed by atoms with E-state index in [9.17, 15) is 5.11 Å². The fourth-order valence-electron chi connectivity index (χ4n) is 3.54. The third-order valence-electron chi connectivity index (χ3n) is 5.04. The van der Waals surface area contributed by atoms with Crippen molar-refractivity contribution in [3.63, 3.8) is 0 Å². The van der Waals surface area contributed by atoms with Gasteiger partial charge in [-0.3, -0.25) is 0 Å². The van der Waals surface area contributed by atoms with Gasteiger partial charge in [0, 0.05) is 27.4 Å². The van der Waals surface area contributed by atoms with Gasteiger partial charge in [0.05, 0.1) is 17.7 Å². The van der Waals surface area contributed by atoms with Crippen molar-refractivity contribution in [2.24, 2.45) is 4.99 Å². The van der Waals surface area contributed by atoms with Crippen LogP contribution in [0.4, 0.5) is 16.5 Å². The Morgan fingerprint density at radius 3 is 2.53 bits per heavy atom. The number of rotatable bonds is 5. The summed E-state index contributed by atoms with van der Waals surface area (Å²) in [5, 5.41) is 15.0. The Balaban J connectivity index is 1.57. The Labute approximate surface area is 194 Å².